The Morgan fingerprint density at radius 3 is 2.26 bits per heavy atom. The Balaban J connectivity index is 0. The fraction of sp³-hybridized carbons (Fsp3) is 0.846. The number of halogens is 1. The Labute approximate surface area is 134 Å². The van der Waals surface area contributed by atoms with Gasteiger partial charge >= 0.3 is 5.97 Å². The summed E-state index contributed by atoms with van der Waals surface area (Å²) in [7, 11) is 1.75. The molecule has 0 saturated carbocycles. The van der Waals surface area contributed by atoms with Gasteiger partial charge in [-0.15, -0.1) is 24.0 Å². The zero-order chi connectivity index (χ0) is 13.6. The molecule has 0 aromatic carbocycles. The summed E-state index contributed by atoms with van der Waals surface area (Å²) >= 11 is 0. The number of carbonyl (C=O) groups excluding carboxylic acids is 1. The Bertz CT molecular complexity index is 248. The number of nitrogens with zero attached hydrogens (tertiary/aromatic N) is 1. The van der Waals surface area contributed by atoms with Crippen molar-refractivity contribution in [3.63, 3.8) is 0 Å². The molecule has 0 amide bonds. The third-order valence-corrected chi connectivity index (χ3v) is 2.45. The molecular formula is C13H28IN3O2. The minimum atomic E-state index is -0.134. The maximum absolute atomic E-state index is 11.1. The predicted octanol–water partition coefficient (Wildman–Crippen LogP) is 2.30. The molecule has 0 radical (unpaired) electrons. The van der Waals surface area contributed by atoms with Crippen molar-refractivity contribution in [3.8, 4) is 0 Å². The van der Waals surface area contributed by atoms with Crippen LogP contribution < -0.4 is 10.6 Å². The average molecular weight is 385 g/mol. The summed E-state index contributed by atoms with van der Waals surface area (Å²) in [6.07, 6.45) is 4.81. The second-order valence-corrected chi connectivity index (χ2v) is 4.04. The van der Waals surface area contributed by atoms with E-state index in [1.807, 2.05) is 6.92 Å². The van der Waals surface area contributed by atoms with Crippen LogP contribution in [0.5, 0.6) is 0 Å². The first kappa shape index (κ1) is 20.8. The van der Waals surface area contributed by atoms with Crippen molar-refractivity contribution >= 4 is 35.9 Å². The third-order valence-electron chi connectivity index (χ3n) is 2.45. The van der Waals surface area contributed by atoms with Gasteiger partial charge in [0.15, 0.2) is 5.96 Å². The highest BCUT2D eigenvalue weighted by molar-refractivity contribution is 14.0. The highest BCUT2D eigenvalue weighted by atomic mass is 127. The molecule has 0 aromatic rings. The van der Waals surface area contributed by atoms with Crippen LogP contribution in [-0.2, 0) is 9.53 Å². The van der Waals surface area contributed by atoms with Gasteiger partial charge in [0.1, 0.15) is 0 Å². The molecule has 0 spiro atoms. The Morgan fingerprint density at radius 1 is 1.11 bits per heavy atom. The van der Waals surface area contributed by atoms with E-state index in [2.05, 4.69) is 22.5 Å². The molecule has 0 fully saturated rings. The van der Waals surface area contributed by atoms with Crippen LogP contribution in [0.15, 0.2) is 4.99 Å². The molecule has 0 bridgehead atoms. The van der Waals surface area contributed by atoms with Crippen LogP contribution in [-0.4, -0.2) is 38.7 Å². The number of aliphatic imine (C=N–C) groups is 1. The lowest BCUT2D eigenvalue weighted by molar-refractivity contribution is -0.143. The van der Waals surface area contributed by atoms with E-state index >= 15 is 0 Å². The molecule has 0 rings (SSSR count). The number of carbonyl (C=O) groups is 1. The summed E-state index contributed by atoms with van der Waals surface area (Å²) in [5.41, 5.74) is 0. The van der Waals surface area contributed by atoms with Crippen LogP contribution >= 0.6 is 24.0 Å². The molecule has 0 atom stereocenters. The molecule has 0 unspecified atom stereocenters. The van der Waals surface area contributed by atoms with E-state index in [0.29, 0.717) is 13.0 Å². The molecule has 0 aromatic heterocycles. The van der Waals surface area contributed by atoms with Gasteiger partial charge < -0.3 is 15.4 Å². The van der Waals surface area contributed by atoms with E-state index in [4.69, 9.17) is 4.74 Å². The van der Waals surface area contributed by atoms with Crippen molar-refractivity contribution in [2.24, 2.45) is 4.99 Å². The van der Waals surface area contributed by atoms with Crippen LogP contribution in [0.1, 0.15) is 46.0 Å². The van der Waals surface area contributed by atoms with Crippen molar-refractivity contribution in [3.05, 3.63) is 0 Å². The summed E-state index contributed by atoms with van der Waals surface area (Å²) in [5, 5.41) is 6.42. The Hall–Kier alpha value is -0.530. The van der Waals surface area contributed by atoms with E-state index in [1.54, 1.807) is 7.05 Å². The van der Waals surface area contributed by atoms with E-state index in [9.17, 15) is 4.79 Å². The summed E-state index contributed by atoms with van der Waals surface area (Å²) in [6, 6.07) is 0. The first-order valence-corrected chi connectivity index (χ1v) is 6.84. The maximum atomic E-state index is 11.1. The molecule has 114 valence electrons. The smallest absolute Gasteiger partial charge is 0.305 e. The van der Waals surface area contributed by atoms with Crippen LogP contribution in [0.25, 0.3) is 0 Å². The second-order valence-electron chi connectivity index (χ2n) is 4.04. The van der Waals surface area contributed by atoms with Crippen LogP contribution in [0.2, 0.25) is 0 Å². The zero-order valence-electron chi connectivity index (χ0n) is 12.3. The fourth-order valence-corrected chi connectivity index (χ4v) is 1.48. The van der Waals surface area contributed by atoms with Crippen molar-refractivity contribution in [2.45, 2.75) is 46.0 Å². The summed E-state index contributed by atoms with van der Waals surface area (Å²) < 4.78 is 4.85. The SMILES string of the molecule is CCCCCNC(=NC)NCCCC(=O)OCC.I. The summed E-state index contributed by atoms with van der Waals surface area (Å²) in [6.45, 7) is 6.12. The van der Waals surface area contributed by atoms with Gasteiger partial charge in [-0.2, -0.15) is 0 Å². The van der Waals surface area contributed by atoms with Gasteiger partial charge in [-0.25, -0.2) is 0 Å². The van der Waals surface area contributed by atoms with Gasteiger partial charge in [0.05, 0.1) is 6.61 Å². The molecule has 0 aliphatic carbocycles. The summed E-state index contributed by atoms with van der Waals surface area (Å²) in [4.78, 5) is 15.2. The molecule has 19 heavy (non-hydrogen) atoms. The van der Waals surface area contributed by atoms with E-state index in [0.717, 1.165) is 31.9 Å². The third kappa shape index (κ3) is 13.7. The highest BCUT2D eigenvalue weighted by Crippen LogP contribution is 1.92. The quantitative estimate of drug-likeness (QED) is 0.210. The second kappa shape index (κ2) is 15.5. The standard InChI is InChI=1S/C13H27N3O2.HI/c1-4-6-7-10-15-13(14-3)16-11-8-9-12(17)18-5-2;/h4-11H2,1-3H3,(H2,14,15,16);1H. The van der Waals surface area contributed by atoms with Crippen molar-refractivity contribution in [2.75, 3.05) is 26.7 Å². The zero-order valence-corrected chi connectivity index (χ0v) is 14.7. The topological polar surface area (TPSA) is 62.7 Å². The number of nitrogens with one attached hydrogen (secondary N) is 2. The molecule has 0 heterocycles. The number of unbranched alkanes of at least 4 members (excludes halogenated alkanes) is 2. The van der Waals surface area contributed by atoms with E-state index in [-0.39, 0.29) is 29.9 Å². The first-order chi connectivity index (χ1) is 8.74. The number of esters is 1. The lowest BCUT2D eigenvalue weighted by Crippen LogP contribution is -2.38. The van der Waals surface area contributed by atoms with Crippen molar-refractivity contribution < 1.29 is 9.53 Å². The van der Waals surface area contributed by atoms with Crippen LogP contribution in [0.4, 0.5) is 0 Å². The van der Waals surface area contributed by atoms with Gasteiger partial charge in [-0.3, -0.25) is 9.79 Å². The molecule has 6 heteroatoms. The van der Waals surface area contributed by atoms with Gasteiger partial charge in [0, 0.05) is 26.6 Å². The number of hydrogen-bond acceptors (Lipinski definition) is 3. The molecule has 0 saturated heterocycles. The van der Waals surface area contributed by atoms with Gasteiger partial charge in [-0.1, -0.05) is 19.8 Å². The van der Waals surface area contributed by atoms with Crippen molar-refractivity contribution in [1.82, 2.24) is 10.6 Å². The molecule has 2 N–H and O–H groups in total. The average Bonchev–Trinajstić information content (AvgIpc) is 2.37. The monoisotopic (exact) mass is 385 g/mol. The van der Waals surface area contributed by atoms with Crippen molar-refractivity contribution in [1.29, 1.82) is 0 Å². The van der Waals surface area contributed by atoms with E-state index in [1.165, 1.54) is 12.8 Å². The largest absolute Gasteiger partial charge is 0.466 e. The summed E-state index contributed by atoms with van der Waals surface area (Å²) in [5.74, 6) is 0.667. The van der Waals surface area contributed by atoms with Crippen LogP contribution in [0.3, 0.4) is 0 Å². The minimum Gasteiger partial charge on any atom is -0.466 e. The fourth-order valence-electron chi connectivity index (χ4n) is 1.48. The van der Waals surface area contributed by atoms with Gasteiger partial charge in [0.2, 0.25) is 0 Å². The lowest BCUT2D eigenvalue weighted by atomic mass is 10.2. The molecule has 5 nitrogen and oxygen atoms in total. The Kier molecular flexibility index (Phi) is 17.0. The maximum Gasteiger partial charge on any atom is 0.305 e. The van der Waals surface area contributed by atoms with Gasteiger partial charge in [-0.05, 0) is 19.8 Å². The predicted molar refractivity (Wildman–Crippen MR) is 90.2 cm³/mol. The first-order valence-electron chi connectivity index (χ1n) is 6.84. The van der Waals surface area contributed by atoms with Gasteiger partial charge in [0.25, 0.3) is 0 Å². The van der Waals surface area contributed by atoms with Crippen LogP contribution in [0, 0.1) is 0 Å². The number of rotatable bonds is 9. The molecule has 0 aliphatic heterocycles. The molecule has 0 aliphatic rings. The number of hydrogen-bond donors (Lipinski definition) is 2. The molecular weight excluding hydrogens is 357 g/mol. The normalized spacial score (nSPS) is 10.6. The Morgan fingerprint density at radius 2 is 1.74 bits per heavy atom. The van der Waals surface area contributed by atoms with E-state index < -0.39 is 0 Å². The number of ether oxygens (including phenoxy) is 1. The number of guanidine groups is 1. The minimum absolute atomic E-state index is 0. The lowest BCUT2D eigenvalue weighted by Gasteiger charge is -2.11. The highest BCUT2D eigenvalue weighted by Gasteiger charge is 2.01.